The SMILES string of the molecule is COCCCN1C(=O)C[C@](CC(=O)NCCc2ccc(Cl)cc2)(c2ccccc2)C1=O. The van der Waals surface area contributed by atoms with Crippen LogP contribution in [0.4, 0.5) is 0 Å². The Hall–Kier alpha value is -2.70. The van der Waals surface area contributed by atoms with Crippen molar-refractivity contribution in [1.29, 1.82) is 0 Å². The Bertz CT molecular complexity index is 917. The Kier molecular flexibility index (Phi) is 7.82. The fraction of sp³-hybridized carbons (Fsp3) is 0.375. The van der Waals surface area contributed by atoms with Crippen LogP contribution in [0.2, 0.25) is 5.02 Å². The molecule has 31 heavy (non-hydrogen) atoms. The van der Waals surface area contributed by atoms with Crippen LogP contribution in [0, 0.1) is 0 Å². The summed E-state index contributed by atoms with van der Waals surface area (Å²) in [7, 11) is 1.58. The highest BCUT2D eigenvalue weighted by Gasteiger charge is 2.53. The number of ether oxygens (including phenoxy) is 1. The van der Waals surface area contributed by atoms with Crippen LogP contribution >= 0.6 is 11.6 Å². The van der Waals surface area contributed by atoms with Gasteiger partial charge in [-0.1, -0.05) is 54.1 Å². The van der Waals surface area contributed by atoms with Crippen LogP contribution in [0.1, 0.15) is 30.4 Å². The molecule has 0 unspecified atom stereocenters. The number of hydrogen-bond acceptors (Lipinski definition) is 4. The second-order valence-corrected chi connectivity index (χ2v) is 8.16. The van der Waals surface area contributed by atoms with Crippen LogP contribution in [-0.4, -0.2) is 49.4 Å². The summed E-state index contributed by atoms with van der Waals surface area (Å²) >= 11 is 5.90. The molecule has 0 bridgehead atoms. The topological polar surface area (TPSA) is 75.7 Å². The van der Waals surface area contributed by atoms with E-state index in [0.29, 0.717) is 36.6 Å². The molecule has 3 amide bonds. The van der Waals surface area contributed by atoms with E-state index in [4.69, 9.17) is 16.3 Å². The van der Waals surface area contributed by atoms with Gasteiger partial charge in [-0.3, -0.25) is 19.3 Å². The lowest BCUT2D eigenvalue weighted by atomic mass is 9.75. The number of benzene rings is 2. The molecular formula is C24H27ClN2O4. The molecule has 1 N–H and O–H groups in total. The highest BCUT2D eigenvalue weighted by Crippen LogP contribution is 2.39. The molecule has 0 radical (unpaired) electrons. The lowest BCUT2D eigenvalue weighted by Crippen LogP contribution is -2.43. The number of likely N-dealkylation sites (tertiary alicyclic amines) is 1. The fourth-order valence-electron chi connectivity index (χ4n) is 3.95. The summed E-state index contributed by atoms with van der Waals surface area (Å²) in [5, 5.41) is 3.56. The Morgan fingerprint density at radius 2 is 1.84 bits per heavy atom. The van der Waals surface area contributed by atoms with E-state index in [-0.39, 0.29) is 37.1 Å². The zero-order chi connectivity index (χ0) is 22.3. The van der Waals surface area contributed by atoms with E-state index in [9.17, 15) is 14.4 Å². The average molecular weight is 443 g/mol. The van der Waals surface area contributed by atoms with E-state index in [0.717, 1.165) is 5.56 Å². The van der Waals surface area contributed by atoms with Crippen molar-refractivity contribution in [2.24, 2.45) is 0 Å². The maximum Gasteiger partial charge on any atom is 0.240 e. The first-order valence-electron chi connectivity index (χ1n) is 10.4. The van der Waals surface area contributed by atoms with Gasteiger partial charge in [0.1, 0.15) is 0 Å². The maximum absolute atomic E-state index is 13.4. The van der Waals surface area contributed by atoms with Gasteiger partial charge in [0.15, 0.2) is 0 Å². The normalized spacial score (nSPS) is 18.5. The summed E-state index contributed by atoms with van der Waals surface area (Å²) in [5.41, 5.74) is 0.574. The van der Waals surface area contributed by atoms with Gasteiger partial charge in [0.05, 0.1) is 5.41 Å². The standard InChI is InChI=1S/C24H27ClN2O4/c1-31-15-5-14-27-22(29)17-24(23(27)30,19-6-3-2-4-7-19)16-21(28)26-13-12-18-8-10-20(25)11-9-18/h2-4,6-11H,5,12-17H2,1H3,(H,26,28)/t24-/m1/s1. The molecule has 1 saturated heterocycles. The quantitative estimate of drug-likeness (QED) is 0.453. The second-order valence-electron chi connectivity index (χ2n) is 7.72. The van der Waals surface area contributed by atoms with Crippen molar-refractivity contribution in [2.45, 2.75) is 31.1 Å². The number of hydrogen-bond donors (Lipinski definition) is 1. The Labute approximate surface area is 187 Å². The molecule has 1 aliphatic rings. The lowest BCUT2D eigenvalue weighted by Gasteiger charge is -2.27. The van der Waals surface area contributed by atoms with E-state index < -0.39 is 5.41 Å². The molecule has 6 nitrogen and oxygen atoms in total. The van der Waals surface area contributed by atoms with Crippen molar-refractivity contribution < 1.29 is 19.1 Å². The molecule has 2 aromatic carbocycles. The van der Waals surface area contributed by atoms with Gasteiger partial charge in [0, 0.05) is 44.7 Å². The summed E-state index contributed by atoms with van der Waals surface area (Å²) in [6.07, 6.45) is 1.14. The Balaban J connectivity index is 1.71. The molecule has 1 fully saturated rings. The van der Waals surface area contributed by atoms with E-state index in [1.54, 1.807) is 7.11 Å². The molecule has 2 aromatic rings. The van der Waals surface area contributed by atoms with Crippen molar-refractivity contribution >= 4 is 29.3 Å². The number of nitrogens with zero attached hydrogens (tertiary/aromatic N) is 1. The van der Waals surface area contributed by atoms with Gasteiger partial charge in [0.2, 0.25) is 17.7 Å². The number of imide groups is 1. The third-order valence-electron chi connectivity index (χ3n) is 5.58. The lowest BCUT2D eigenvalue weighted by molar-refractivity contribution is -0.141. The summed E-state index contributed by atoms with van der Waals surface area (Å²) in [4.78, 5) is 40.1. The largest absolute Gasteiger partial charge is 0.385 e. The number of carbonyl (C=O) groups excluding carboxylic acids is 3. The zero-order valence-electron chi connectivity index (χ0n) is 17.6. The van der Waals surface area contributed by atoms with Crippen LogP contribution in [0.15, 0.2) is 54.6 Å². The third kappa shape index (κ3) is 5.51. The molecule has 0 spiro atoms. The van der Waals surface area contributed by atoms with Gasteiger partial charge < -0.3 is 10.1 Å². The Morgan fingerprint density at radius 1 is 1.13 bits per heavy atom. The van der Waals surface area contributed by atoms with Gasteiger partial charge in [-0.2, -0.15) is 0 Å². The minimum absolute atomic E-state index is 0.00651. The molecule has 164 valence electrons. The molecule has 0 aliphatic carbocycles. The van der Waals surface area contributed by atoms with Crippen molar-refractivity contribution in [2.75, 3.05) is 26.8 Å². The molecule has 0 saturated carbocycles. The van der Waals surface area contributed by atoms with Crippen molar-refractivity contribution in [3.63, 3.8) is 0 Å². The Morgan fingerprint density at radius 3 is 2.52 bits per heavy atom. The minimum atomic E-state index is -1.17. The number of amides is 3. The van der Waals surface area contributed by atoms with Crippen LogP contribution in [0.25, 0.3) is 0 Å². The van der Waals surface area contributed by atoms with Gasteiger partial charge >= 0.3 is 0 Å². The summed E-state index contributed by atoms with van der Waals surface area (Å²) in [6, 6.07) is 16.6. The maximum atomic E-state index is 13.4. The smallest absolute Gasteiger partial charge is 0.240 e. The van der Waals surface area contributed by atoms with Crippen molar-refractivity contribution in [3.05, 3.63) is 70.7 Å². The van der Waals surface area contributed by atoms with Gasteiger partial charge in [0.25, 0.3) is 0 Å². The number of halogens is 1. The molecule has 7 heteroatoms. The van der Waals surface area contributed by atoms with Crippen molar-refractivity contribution in [1.82, 2.24) is 10.2 Å². The van der Waals surface area contributed by atoms with Crippen molar-refractivity contribution in [3.8, 4) is 0 Å². The zero-order valence-corrected chi connectivity index (χ0v) is 18.4. The molecule has 1 aliphatic heterocycles. The van der Waals surface area contributed by atoms with Crippen LogP contribution in [0.5, 0.6) is 0 Å². The number of methoxy groups -OCH3 is 1. The molecule has 3 rings (SSSR count). The van der Waals surface area contributed by atoms with E-state index >= 15 is 0 Å². The van der Waals surface area contributed by atoms with Gasteiger partial charge in [-0.25, -0.2) is 0 Å². The van der Waals surface area contributed by atoms with E-state index in [1.165, 1.54) is 4.90 Å². The molecule has 1 heterocycles. The van der Waals surface area contributed by atoms with E-state index in [1.807, 2.05) is 54.6 Å². The predicted molar refractivity (Wildman–Crippen MR) is 119 cm³/mol. The second kappa shape index (κ2) is 10.6. The van der Waals surface area contributed by atoms with Crippen LogP contribution in [-0.2, 0) is 31.0 Å². The number of rotatable bonds is 10. The first-order valence-corrected chi connectivity index (χ1v) is 10.7. The number of nitrogens with one attached hydrogen (secondary N) is 1. The van der Waals surface area contributed by atoms with Crippen LogP contribution < -0.4 is 5.32 Å². The average Bonchev–Trinajstić information content (AvgIpc) is 3.01. The monoisotopic (exact) mass is 442 g/mol. The van der Waals surface area contributed by atoms with E-state index in [2.05, 4.69) is 5.32 Å². The fourth-order valence-corrected chi connectivity index (χ4v) is 4.08. The summed E-state index contributed by atoms with van der Waals surface area (Å²) in [5.74, 6) is -0.815. The predicted octanol–water partition coefficient (Wildman–Crippen LogP) is 3.12. The summed E-state index contributed by atoms with van der Waals surface area (Å²) in [6.45, 7) is 1.18. The molecule has 0 aromatic heterocycles. The van der Waals surface area contributed by atoms with Crippen LogP contribution in [0.3, 0.4) is 0 Å². The van der Waals surface area contributed by atoms with Gasteiger partial charge in [-0.05, 0) is 36.1 Å². The molecular weight excluding hydrogens is 416 g/mol. The first kappa shape index (κ1) is 23.0. The van der Waals surface area contributed by atoms with Gasteiger partial charge in [-0.15, -0.1) is 0 Å². The first-order chi connectivity index (χ1) is 15.0. The molecule has 1 atom stereocenters. The highest BCUT2D eigenvalue weighted by atomic mass is 35.5. The third-order valence-corrected chi connectivity index (χ3v) is 5.83. The highest BCUT2D eigenvalue weighted by molar-refractivity contribution is 6.30. The summed E-state index contributed by atoms with van der Waals surface area (Å²) < 4.78 is 5.04. The number of carbonyl (C=O) groups is 3. The minimum Gasteiger partial charge on any atom is -0.385 e.